The summed E-state index contributed by atoms with van der Waals surface area (Å²) in [5.41, 5.74) is 3.30. The highest BCUT2D eigenvalue weighted by Crippen LogP contribution is 2.38. The highest BCUT2D eigenvalue weighted by molar-refractivity contribution is 7.17. The van der Waals surface area contributed by atoms with Crippen molar-refractivity contribution in [2.45, 2.75) is 39.5 Å². The summed E-state index contributed by atoms with van der Waals surface area (Å²) in [6.07, 6.45) is 3.99. The molecule has 2 amide bonds. The van der Waals surface area contributed by atoms with E-state index >= 15 is 0 Å². The molecule has 2 N–H and O–H groups in total. The van der Waals surface area contributed by atoms with Crippen molar-refractivity contribution in [2.24, 2.45) is 0 Å². The zero-order chi connectivity index (χ0) is 17.8. The third-order valence-electron chi connectivity index (χ3n) is 4.27. The Morgan fingerprint density at radius 1 is 1.16 bits per heavy atom. The molecule has 0 fully saturated rings. The van der Waals surface area contributed by atoms with Crippen LogP contribution < -0.4 is 10.6 Å². The number of hydrogen-bond acceptors (Lipinski definition) is 4. The highest BCUT2D eigenvalue weighted by atomic mass is 32.1. The van der Waals surface area contributed by atoms with Crippen molar-refractivity contribution in [3.63, 3.8) is 0 Å². The number of rotatable bonds is 4. The van der Waals surface area contributed by atoms with Gasteiger partial charge >= 0.3 is 12.0 Å². The van der Waals surface area contributed by atoms with E-state index in [1.807, 2.05) is 31.2 Å². The molecule has 1 aliphatic carbocycles. The minimum Gasteiger partial charge on any atom is -0.462 e. The summed E-state index contributed by atoms with van der Waals surface area (Å²) in [6.45, 7) is 4.04. The van der Waals surface area contributed by atoms with Crippen LogP contribution in [0.5, 0.6) is 0 Å². The Morgan fingerprint density at radius 2 is 1.92 bits per heavy atom. The molecular weight excluding hydrogens is 336 g/mol. The second-order valence-corrected chi connectivity index (χ2v) is 7.13. The zero-order valence-electron chi connectivity index (χ0n) is 14.5. The lowest BCUT2D eigenvalue weighted by atomic mass is 9.95. The number of aryl methyl sites for hydroxylation is 2. The quantitative estimate of drug-likeness (QED) is 0.775. The number of fused-ring (bicyclic) bond motifs is 1. The predicted molar refractivity (Wildman–Crippen MR) is 101 cm³/mol. The van der Waals surface area contributed by atoms with Crippen LogP contribution in [0.1, 0.15) is 46.1 Å². The minimum atomic E-state index is -0.354. The first-order valence-corrected chi connectivity index (χ1v) is 9.37. The lowest BCUT2D eigenvalue weighted by molar-refractivity contribution is 0.0526. The van der Waals surface area contributed by atoms with Crippen molar-refractivity contribution in [2.75, 3.05) is 17.2 Å². The monoisotopic (exact) mass is 358 g/mol. The van der Waals surface area contributed by atoms with Crippen LogP contribution in [-0.2, 0) is 17.6 Å². The number of carbonyl (C=O) groups is 2. The number of para-hydroxylation sites is 1. The first-order chi connectivity index (χ1) is 12.1. The van der Waals surface area contributed by atoms with Crippen LogP contribution in [-0.4, -0.2) is 18.6 Å². The molecule has 0 radical (unpaired) electrons. The second-order valence-electron chi connectivity index (χ2n) is 6.03. The first-order valence-electron chi connectivity index (χ1n) is 8.55. The van der Waals surface area contributed by atoms with Crippen molar-refractivity contribution in [1.82, 2.24) is 0 Å². The van der Waals surface area contributed by atoms with Crippen LogP contribution in [0.15, 0.2) is 24.3 Å². The standard InChI is InChI=1S/C19H22N2O3S/c1-3-24-18(22)16-13-9-5-7-11-15(13)25-17(16)21-19(23)20-14-10-6-4-8-12(14)2/h4,6,8,10H,3,5,7,9,11H2,1-2H3,(H2,20,21,23). The molecule has 0 unspecified atom stereocenters. The van der Waals surface area contributed by atoms with Gasteiger partial charge in [-0.25, -0.2) is 9.59 Å². The minimum absolute atomic E-state index is 0.318. The molecule has 3 rings (SSSR count). The molecule has 0 saturated carbocycles. The molecule has 0 atom stereocenters. The SMILES string of the molecule is CCOC(=O)c1c(NC(=O)Nc2ccccc2C)sc2c1CCCC2. The van der Waals surface area contributed by atoms with E-state index < -0.39 is 0 Å². The lowest BCUT2D eigenvalue weighted by Gasteiger charge is -2.12. The summed E-state index contributed by atoms with van der Waals surface area (Å²) >= 11 is 1.49. The van der Waals surface area contributed by atoms with Crippen LogP contribution in [0.2, 0.25) is 0 Å². The van der Waals surface area contributed by atoms with Gasteiger partial charge in [-0.15, -0.1) is 11.3 Å². The van der Waals surface area contributed by atoms with E-state index in [0.29, 0.717) is 17.2 Å². The van der Waals surface area contributed by atoms with Gasteiger partial charge in [0.05, 0.1) is 12.2 Å². The summed E-state index contributed by atoms with van der Waals surface area (Å²) < 4.78 is 5.21. The van der Waals surface area contributed by atoms with Crippen LogP contribution in [0, 0.1) is 6.92 Å². The number of ether oxygens (including phenoxy) is 1. The Morgan fingerprint density at radius 3 is 2.68 bits per heavy atom. The van der Waals surface area contributed by atoms with E-state index in [9.17, 15) is 9.59 Å². The van der Waals surface area contributed by atoms with Gasteiger partial charge in [0.2, 0.25) is 0 Å². The molecular formula is C19H22N2O3S. The fourth-order valence-corrected chi connectivity index (χ4v) is 4.32. The number of urea groups is 1. The van der Waals surface area contributed by atoms with Gasteiger partial charge in [0.1, 0.15) is 5.00 Å². The zero-order valence-corrected chi connectivity index (χ0v) is 15.3. The highest BCUT2D eigenvalue weighted by Gasteiger charge is 2.27. The molecule has 1 aliphatic rings. The molecule has 5 nitrogen and oxygen atoms in total. The fourth-order valence-electron chi connectivity index (χ4n) is 3.04. The number of hydrogen-bond donors (Lipinski definition) is 2. The van der Waals surface area contributed by atoms with E-state index in [0.717, 1.165) is 42.5 Å². The van der Waals surface area contributed by atoms with E-state index in [1.54, 1.807) is 6.92 Å². The van der Waals surface area contributed by atoms with Gasteiger partial charge in [0, 0.05) is 10.6 Å². The van der Waals surface area contributed by atoms with Crippen LogP contribution in [0.3, 0.4) is 0 Å². The molecule has 0 saturated heterocycles. The molecule has 0 bridgehead atoms. The molecule has 1 aromatic heterocycles. The van der Waals surface area contributed by atoms with Crippen molar-refractivity contribution >= 4 is 34.0 Å². The van der Waals surface area contributed by atoms with Gasteiger partial charge in [-0.05, 0) is 56.7 Å². The van der Waals surface area contributed by atoms with E-state index in [4.69, 9.17) is 4.74 Å². The largest absolute Gasteiger partial charge is 0.462 e. The number of esters is 1. The number of amides is 2. The number of anilines is 2. The maximum atomic E-state index is 12.4. The van der Waals surface area contributed by atoms with Gasteiger partial charge in [-0.1, -0.05) is 18.2 Å². The Kier molecular flexibility index (Phi) is 5.38. The van der Waals surface area contributed by atoms with E-state index in [2.05, 4.69) is 10.6 Å². The van der Waals surface area contributed by atoms with Gasteiger partial charge in [-0.2, -0.15) is 0 Å². The summed E-state index contributed by atoms with van der Waals surface area (Å²) in [4.78, 5) is 26.0. The van der Waals surface area contributed by atoms with Gasteiger partial charge in [-0.3, -0.25) is 5.32 Å². The summed E-state index contributed by atoms with van der Waals surface area (Å²) in [6, 6.07) is 7.23. The Bertz CT molecular complexity index is 798. The van der Waals surface area contributed by atoms with Gasteiger partial charge in [0.15, 0.2) is 0 Å². The molecule has 1 heterocycles. The van der Waals surface area contributed by atoms with Crippen molar-refractivity contribution in [1.29, 1.82) is 0 Å². The summed E-state index contributed by atoms with van der Waals surface area (Å²) in [5.74, 6) is -0.354. The molecule has 1 aromatic carbocycles. The first kappa shape index (κ1) is 17.5. The molecule has 0 spiro atoms. The third-order valence-corrected chi connectivity index (χ3v) is 5.48. The maximum absolute atomic E-state index is 12.4. The molecule has 25 heavy (non-hydrogen) atoms. The fraction of sp³-hybridized carbons (Fsp3) is 0.368. The number of nitrogens with one attached hydrogen (secondary N) is 2. The lowest BCUT2D eigenvalue weighted by Crippen LogP contribution is -2.21. The van der Waals surface area contributed by atoms with Crippen molar-refractivity contribution in [3.8, 4) is 0 Å². The van der Waals surface area contributed by atoms with Crippen molar-refractivity contribution in [3.05, 3.63) is 45.8 Å². The van der Waals surface area contributed by atoms with E-state index in [1.165, 1.54) is 16.2 Å². The smallest absolute Gasteiger partial charge is 0.341 e. The molecule has 0 aliphatic heterocycles. The number of benzene rings is 1. The molecule has 2 aromatic rings. The number of carbonyl (C=O) groups excluding carboxylic acids is 2. The van der Waals surface area contributed by atoms with Crippen LogP contribution in [0.4, 0.5) is 15.5 Å². The summed E-state index contributed by atoms with van der Waals surface area (Å²) in [7, 11) is 0. The molecule has 132 valence electrons. The normalized spacial score (nSPS) is 13.0. The third kappa shape index (κ3) is 3.85. The van der Waals surface area contributed by atoms with Gasteiger partial charge in [0.25, 0.3) is 0 Å². The Balaban J connectivity index is 1.84. The average Bonchev–Trinajstić information content (AvgIpc) is 2.95. The summed E-state index contributed by atoms with van der Waals surface area (Å²) in [5, 5.41) is 6.27. The number of thiophene rings is 1. The topological polar surface area (TPSA) is 67.4 Å². The van der Waals surface area contributed by atoms with Crippen LogP contribution in [0.25, 0.3) is 0 Å². The predicted octanol–water partition coefficient (Wildman–Crippen LogP) is 4.76. The van der Waals surface area contributed by atoms with Gasteiger partial charge < -0.3 is 10.1 Å². The second kappa shape index (κ2) is 7.70. The van der Waals surface area contributed by atoms with Crippen LogP contribution >= 0.6 is 11.3 Å². The van der Waals surface area contributed by atoms with E-state index in [-0.39, 0.29) is 12.0 Å². The maximum Gasteiger partial charge on any atom is 0.341 e. The van der Waals surface area contributed by atoms with Crippen molar-refractivity contribution < 1.29 is 14.3 Å². The Labute approximate surface area is 151 Å². The molecule has 6 heteroatoms. The Hall–Kier alpha value is -2.34. The average molecular weight is 358 g/mol.